The average molecular weight is 158 g/mol. The van der Waals surface area contributed by atoms with Gasteiger partial charge >= 0.3 is 0 Å². The van der Waals surface area contributed by atoms with Crippen LogP contribution >= 0.6 is 0 Å². The third kappa shape index (κ3) is 1.08. The van der Waals surface area contributed by atoms with E-state index in [1.165, 1.54) is 32.1 Å². The Morgan fingerprint density at radius 3 is 2.10 bits per heavy atom. The molecule has 1 spiro atoms. The van der Waals surface area contributed by atoms with Gasteiger partial charge in [-0.3, -0.25) is 0 Å². The molecule has 0 atom stereocenters. The molecule has 1 heterocycles. The van der Waals surface area contributed by atoms with Crippen molar-refractivity contribution in [3.8, 4) is 0 Å². The van der Waals surface area contributed by atoms with Crippen molar-refractivity contribution < 1.29 is 4.55 Å². The summed E-state index contributed by atoms with van der Waals surface area (Å²) < 4.78 is 10.9. The Hall–Kier alpha value is 0.310. The molecule has 1 aliphatic heterocycles. The third-order valence-corrected chi connectivity index (χ3v) is 4.72. The fourth-order valence-electron chi connectivity index (χ4n) is 2.23. The third-order valence-electron chi connectivity index (χ3n) is 2.85. The molecule has 2 fully saturated rings. The Balaban J connectivity index is 1.90. The molecule has 1 nitrogen and oxygen atoms in total. The molecule has 0 aromatic heterocycles. The van der Waals surface area contributed by atoms with Crippen LogP contribution in [-0.4, -0.2) is 16.1 Å². The minimum Gasteiger partial charge on any atom is -0.616 e. The maximum absolute atomic E-state index is 10.9. The van der Waals surface area contributed by atoms with E-state index in [2.05, 4.69) is 0 Å². The minimum atomic E-state index is -0.429. The molecular weight excluding hydrogens is 144 g/mol. The molecule has 10 heavy (non-hydrogen) atoms. The molecule has 0 N–H and O–H groups in total. The fourth-order valence-corrected chi connectivity index (χ4v) is 4.09. The first-order chi connectivity index (χ1) is 4.81. The summed E-state index contributed by atoms with van der Waals surface area (Å²) in [5.74, 6) is 2.04. The lowest BCUT2D eigenvalue weighted by Crippen LogP contribution is -2.49. The molecule has 2 heteroatoms. The normalized spacial score (nSPS) is 32.1. The summed E-state index contributed by atoms with van der Waals surface area (Å²) in [7, 11) is 0. The lowest BCUT2D eigenvalue weighted by molar-refractivity contribution is 0.227. The number of rotatable bonds is 0. The Labute approximate surface area is 65.4 Å². The van der Waals surface area contributed by atoms with Gasteiger partial charge in [-0.15, -0.1) is 0 Å². The highest BCUT2D eigenvalue weighted by atomic mass is 32.2. The maximum atomic E-state index is 10.9. The van der Waals surface area contributed by atoms with Crippen molar-refractivity contribution >= 4 is 11.2 Å². The van der Waals surface area contributed by atoms with Gasteiger partial charge in [0, 0.05) is 0 Å². The van der Waals surface area contributed by atoms with E-state index < -0.39 is 11.2 Å². The van der Waals surface area contributed by atoms with E-state index in [0.717, 1.165) is 11.5 Å². The quantitative estimate of drug-likeness (QED) is 0.492. The molecule has 0 radical (unpaired) electrons. The number of hydrogen-bond acceptors (Lipinski definition) is 1. The first-order valence-corrected chi connectivity index (χ1v) is 5.65. The van der Waals surface area contributed by atoms with Crippen molar-refractivity contribution in [2.45, 2.75) is 32.1 Å². The van der Waals surface area contributed by atoms with Gasteiger partial charge < -0.3 is 4.55 Å². The predicted molar refractivity (Wildman–Crippen MR) is 43.4 cm³/mol. The predicted octanol–water partition coefficient (Wildman–Crippen LogP) is 1.70. The summed E-state index contributed by atoms with van der Waals surface area (Å²) in [5.41, 5.74) is 0.573. The van der Waals surface area contributed by atoms with Crippen molar-refractivity contribution in [1.82, 2.24) is 0 Å². The van der Waals surface area contributed by atoms with Crippen LogP contribution in [0.4, 0.5) is 0 Å². The lowest BCUT2D eigenvalue weighted by Gasteiger charge is -2.44. The second-order valence-electron chi connectivity index (χ2n) is 3.79. The van der Waals surface area contributed by atoms with Gasteiger partial charge in [0.2, 0.25) is 0 Å². The zero-order valence-corrected chi connectivity index (χ0v) is 7.08. The largest absolute Gasteiger partial charge is 0.616 e. The van der Waals surface area contributed by atoms with Crippen LogP contribution in [0.3, 0.4) is 0 Å². The molecule has 2 rings (SSSR count). The topological polar surface area (TPSA) is 23.1 Å². The highest BCUT2D eigenvalue weighted by molar-refractivity contribution is 7.92. The first-order valence-electron chi connectivity index (χ1n) is 4.16. The van der Waals surface area contributed by atoms with Crippen molar-refractivity contribution in [2.24, 2.45) is 5.41 Å². The number of hydrogen-bond donors (Lipinski definition) is 0. The fraction of sp³-hybridized carbons (Fsp3) is 1.00. The Kier molecular flexibility index (Phi) is 1.69. The SMILES string of the molecule is [O-][S+]1CC2(CCCCC2)C1. The van der Waals surface area contributed by atoms with Crippen molar-refractivity contribution in [2.75, 3.05) is 11.5 Å². The van der Waals surface area contributed by atoms with Crippen molar-refractivity contribution in [3.05, 3.63) is 0 Å². The van der Waals surface area contributed by atoms with Crippen LogP contribution in [0.15, 0.2) is 0 Å². The second-order valence-corrected chi connectivity index (χ2v) is 5.25. The standard InChI is InChI=1S/C8H14OS/c9-10-6-8(7-10)4-2-1-3-5-8/h1-7H2. The van der Waals surface area contributed by atoms with E-state index in [4.69, 9.17) is 0 Å². The van der Waals surface area contributed by atoms with Gasteiger partial charge in [0.05, 0.1) is 5.41 Å². The molecule has 0 amide bonds. The summed E-state index contributed by atoms with van der Waals surface area (Å²) in [6.45, 7) is 0. The van der Waals surface area contributed by atoms with Crippen LogP contribution < -0.4 is 0 Å². The van der Waals surface area contributed by atoms with Gasteiger partial charge in [-0.2, -0.15) is 0 Å². The van der Waals surface area contributed by atoms with E-state index in [1.807, 2.05) is 0 Å². The molecule has 0 aromatic rings. The summed E-state index contributed by atoms with van der Waals surface area (Å²) in [5, 5.41) is 0. The van der Waals surface area contributed by atoms with Crippen molar-refractivity contribution in [3.63, 3.8) is 0 Å². The van der Waals surface area contributed by atoms with Crippen LogP contribution in [0.5, 0.6) is 0 Å². The molecule has 1 saturated heterocycles. The van der Waals surface area contributed by atoms with Gasteiger partial charge in [-0.25, -0.2) is 0 Å². The Morgan fingerprint density at radius 1 is 1.00 bits per heavy atom. The van der Waals surface area contributed by atoms with Crippen molar-refractivity contribution in [1.29, 1.82) is 0 Å². The van der Waals surface area contributed by atoms with Crippen LogP contribution in [0.1, 0.15) is 32.1 Å². The average Bonchev–Trinajstić information content (AvgIpc) is 1.87. The maximum Gasteiger partial charge on any atom is 0.115 e. The molecule has 0 unspecified atom stereocenters. The monoisotopic (exact) mass is 158 g/mol. The Morgan fingerprint density at radius 2 is 1.60 bits per heavy atom. The zero-order chi connectivity index (χ0) is 7.03. The smallest absolute Gasteiger partial charge is 0.115 e. The van der Waals surface area contributed by atoms with E-state index in [9.17, 15) is 4.55 Å². The van der Waals surface area contributed by atoms with Gasteiger partial charge in [0.25, 0.3) is 0 Å². The summed E-state index contributed by atoms with van der Waals surface area (Å²) >= 11 is -0.429. The molecule has 0 bridgehead atoms. The first kappa shape index (κ1) is 6.99. The minimum absolute atomic E-state index is 0.429. The van der Waals surface area contributed by atoms with Gasteiger partial charge in [-0.05, 0) is 12.8 Å². The summed E-state index contributed by atoms with van der Waals surface area (Å²) in [6, 6.07) is 0. The van der Waals surface area contributed by atoms with Crippen LogP contribution in [0.2, 0.25) is 0 Å². The molecule has 0 aromatic carbocycles. The Bertz CT molecular complexity index is 114. The molecule has 1 saturated carbocycles. The summed E-state index contributed by atoms with van der Waals surface area (Å²) in [4.78, 5) is 0. The zero-order valence-electron chi connectivity index (χ0n) is 6.27. The van der Waals surface area contributed by atoms with Crippen LogP contribution in [0, 0.1) is 5.41 Å². The van der Waals surface area contributed by atoms with Gasteiger partial charge in [0.1, 0.15) is 11.5 Å². The van der Waals surface area contributed by atoms with Gasteiger partial charge in [0.15, 0.2) is 0 Å². The highest BCUT2D eigenvalue weighted by Gasteiger charge is 2.48. The molecule has 2 aliphatic rings. The summed E-state index contributed by atoms with van der Waals surface area (Å²) in [6.07, 6.45) is 6.90. The molecular formula is C8H14OS. The van der Waals surface area contributed by atoms with E-state index in [0.29, 0.717) is 5.41 Å². The second kappa shape index (κ2) is 2.42. The van der Waals surface area contributed by atoms with E-state index >= 15 is 0 Å². The van der Waals surface area contributed by atoms with Crippen LogP contribution in [0.25, 0.3) is 0 Å². The molecule has 58 valence electrons. The van der Waals surface area contributed by atoms with Gasteiger partial charge in [-0.1, -0.05) is 30.4 Å². The van der Waals surface area contributed by atoms with Crippen LogP contribution in [-0.2, 0) is 11.2 Å². The van der Waals surface area contributed by atoms with E-state index in [-0.39, 0.29) is 0 Å². The lowest BCUT2D eigenvalue weighted by atomic mass is 9.76. The highest BCUT2D eigenvalue weighted by Crippen LogP contribution is 2.45. The molecule has 1 aliphatic carbocycles. The van der Waals surface area contributed by atoms with E-state index in [1.54, 1.807) is 0 Å².